The van der Waals surface area contributed by atoms with Gasteiger partial charge >= 0.3 is 0 Å². The van der Waals surface area contributed by atoms with E-state index >= 15 is 0 Å². The van der Waals surface area contributed by atoms with Gasteiger partial charge in [-0.15, -0.1) is 0 Å². The van der Waals surface area contributed by atoms with Crippen molar-refractivity contribution in [3.8, 4) is 5.75 Å². The lowest BCUT2D eigenvalue weighted by molar-refractivity contribution is -0.109. The summed E-state index contributed by atoms with van der Waals surface area (Å²) in [6.07, 6.45) is 0. The molecule has 1 saturated heterocycles. The van der Waals surface area contributed by atoms with E-state index in [1.165, 1.54) is 6.07 Å². The summed E-state index contributed by atoms with van der Waals surface area (Å²) in [5, 5.41) is 0. The highest BCUT2D eigenvalue weighted by Crippen LogP contribution is 2.21. The molecule has 1 unspecified atom stereocenters. The minimum atomic E-state index is -0.289. The SMILES string of the molecule is Fc1ccc(OCC2CON2)cc1Br. The molecule has 76 valence electrons. The number of hydrogen-bond donors (Lipinski definition) is 1. The molecule has 0 radical (unpaired) electrons. The normalized spacial score (nSPS) is 20.3. The summed E-state index contributed by atoms with van der Waals surface area (Å²) in [5.41, 5.74) is 2.73. The Labute approximate surface area is 89.3 Å². The molecular formula is C9H9BrFNO2. The van der Waals surface area contributed by atoms with E-state index in [2.05, 4.69) is 21.4 Å². The number of nitrogens with one attached hydrogen (secondary N) is 1. The first kappa shape index (κ1) is 9.89. The number of hydrogen-bond acceptors (Lipinski definition) is 3. The largest absolute Gasteiger partial charge is 0.492 e. The fourth-order valence-electron chi connectivity index (χ4n) is 1.05. The second kappa shape index (κ2) is 4.25. The number of hydroxylamine groups is 1. The third-order valence-corrected chi connectivity index (χ3v) is 2.48. The van der Waals surface area contributed by atoms with Crippen LogP contribution < -0.4 is 10.2 Å². The first-order valence-corrected chi connectivity index (χ1v) is 5.00. The molecule has 0 aliphatic carbocycles. The molecule has 1 aliphatic heterocycles. The molecule has 5 heteroatoms. The number of ether oxygens (including phenoxy) is 1. The highest BCUT2D eigenvalue weighted by atomic mass is 79.9. The van der Waals surface area contributed by atoms with Crippen LogP contribution in [0.5, 0.6) is 5.75 Å². The minimum absolute atomic E-state index is 0.235. The van der Waals surface area contributed by atoms with Crippen LogP contribution in [0.3, 0.4) is 0 Å². The lowest BCUT2D eigenvalue weighted by Crippen LogP contribution is -2.49. The van der Waals surface area contributed by atoms with Crippen LogP contribution in [0.15, 0.2) is 22.7 Å². The van der Waals surface area contributed by atoms with E-state index in [0.29, 0.717) is 23.4 Å². The predicted octanol–water partition coefficient (Wildman–Crippen LogP) is 1.87. The Morgan fingerprint density at radius 1 is 1.64 bits per heavy atom. The van der Waals surface area contributed by atoms with Crippen molar-refractivity contribution in [3.63, 3.8) is 0 Å². The zero-order valence-electron chi connectivity index (χ0n) is 7.30. The molecule has 0 aromatic heterocycles. The molecular weight excluding hydrogens is 253 g/mol. The van der Waals surface area contributed by atoms with Crippen molar-refractivity contribution in [3.05, 3.63) is 28.5 Å². The third kappa shape index (κ3) is 2.23. The summed E-state index contributed by atoms with van der Waals surface area (Å²) in [4.78, 5) is 4.77. The Morgan fingerprint density at radius 2 is 2.43 bits per heavy atom. The van der Waals surface area contributed by atoms with E-state index < -0.39 is 0 Å². The second-order valence-electron chi connectivity index (χ2n) is 3.01. The van der Waals surface area contributed by atoms with Crippen LogP contribution in [0.25, 0.3) is 0 Å². The number of rotatable bonds is 3. The highest BCUT2D eigenvalue weighted by molar-refractivity contribution is 9.10. The van der Waals surface area contributed by atoms with Crippen molar-refractivity contribution < 1.29 is 14.0 Å². The average molecular weight is 262 g/mol. The molecule has 0 saturated carbocycles. The maximum Gasteiger partial charge on any atom is 0.137 e. The van der Waals surface area contributed by atoms with Crippen LogP contribution in [0, 0.1) is 5.82 Å². The Morgan fingerprint density at radius 3 is 3.00 bits per heavy atom. The zero-order chi connectivity index (χ0) is 9.97. The van der Waals surface area contributed by atoms with Crippen LogP contribution in [0.1, 0.15) is 0 Å². The molecule has 1 atom stereocenters. The second-order valence-corrected chi connectivity index (χ2v) is 3.87. The smallest absolute Gasteiger partial charge is 0.137 e. The Bertz CT molecular complexity index is 331. The maximum absolute atomic E-state index is 12.8. The predicted molar refractivity (Wildman–Crippen MR) is 52.5 cm³/mol. The van der Waals surface area contributed by atoms with Gasteiger partial charge in [0.1, 0.15) is 18.2 Å². The molecule has 1 N–H and O–H groups in total. The van der Waals surface area contributed by atoms with Gasteiger partial charge in [-0.3, -0.25) is 4.84 Å². The molecule has 1 fully saturated rings. The molecule has 1 aromatic rings. The summed E-state index contributed by atoms with van der Waals surface area (Å²) in [6.45, 7) is 1.18. The Balaban J connectivity index is 1.91. The van der Waals surface area contributed by atoms with Crippen LogP contribution in [0.4, 0.5) is 4.39 Å². The lowest BCUT2D eigenvalue weighted by atomic mass is 10.3. The highest BCUT2D eigenvalue weighted by Gasteiger charge is 2.18. The van der Waals surface area contributed by atoms with Gasteiger partial charge in [0.15, 0.2) is 0 Å². The zero-order valence-corrected chi connectivity index (χ0v) is 8.88. The van der Waals surface area contributed by atoms with E-state index in [4.69, 9.17) is 9.57 Å². The fourth-order valence-corrected chi connectivity index (χ4v) is 1.40. The minimum Gasteiger partial charge on any atom is -0.492 e. The molecule has 0 amide bonds. The van der Waals surface area contributed by atoms with Crippen molar-refractivity contribution in [2.75, 3.05) is 13.2 Å². The quantitative estimate of drug-likeness (QED) is 0.902. The fraction of sp³-hybridized carbons (Fsp3) is 0.333. The van der Waals surface area contributed by atoms with Gasteiger partial charge in [0, 0.05) is 0 Å². The number of halogens is 2. The van der Waals surface area contributed by atoms with Gasteiger partial charge in [-0.2, -0.15) is 5.48 Å². The van der Waals surface area contributed by atoms with Gasteiger partial charge in [-0.1, -0.05) is 0 Å². The van der Waals surface area contributed by atoms with Crippen molar-refractivity contribution in [2.24, 2.45) is 0 Å². The van der Waals surface area contributed by atoms with Crippen LogP contribution >= 0.6 is 15.9 Å². The van der Waals surface area contributed by atoms with E-state index in [0.717, 1.165) is 0 Å². The van der Waals surface area contributed by atoms with Crippen molar-refractivity contribution >= 4 is 15.9 Å². The van der Waals surface area contributed by atoms with Crippen molar-refractivity contribution in [1.29, 1.82) is 0 Å². The summed E-state index contributed by atoms with van der Waals surface area (Å²) >= 11 is 3.09. The van der Waals surface area contributed by atoms with Gasteiger partial charge in [0.2, 0.25) is 0 Å². The monoisotopic (exact) mass is 261 g/mol. The standard InChI is InChI=1S/C9H9BrFNO2/c10-8-3-7(1-2-9(8)11)13-4-6-5-14-12-6/h1-3,6,12H,4-5H2. The van der Waals surface area contributed by atoms with E-state index in [1.807, 2.05) is 0 Å². The summed E-state index contributed by atoms with van der Waals surface area (Å²) < 4.78 is 18.7. The van der Waals surface area contributed by atoms with Gasteiger partial charge in [0.25, 0.3) is 0 Å². The Kier molecular flexibility index (Phi) is 3.00. The molecule has 2 rings (SSSR count). The number of benzene rings is 1. The molecule has 14 heavy (non-hydrogen) atoms. The van der Waals surface area contributed by atoms with E-state index in [9.17, 15) is 4.39 Å². The maximum atomic E-state index is 12.8. The average Bonchev–Trinajstić information content (AvgIpc) is 2.08. The van der Waals surface area contributed by atoms with Crippen LogP contribution in [0.2, 0.25) is 0 Å². The third-order valence-electron chi connectivity index (χ3n) is 1.88. The van der Waals surface area contributed by atoms with Gasteiger partial charge in [0.05, 0.1) is 17.1 Å². The molecule has 1 heterocycles. The van der Waals surface area contributed by atoms with Crippen LogP contribution in [-0.2, 0) is 4.84 Å². The summed E-state index contributed by atoms with van der Waals surface area (Å²) in [7, 11) is 0. The van der Waals surface area contributed by atoms with E-state index in [1.54, 1.807) is 12.1 Å². The van der Waals surface area contributed by atoms with Gasteiger partial charge in [-0.25, -0.2) is 4.39 Å². The molecule has 1 aliphatic rings. The van der Waals surface area contributed by atoms with Gasteiger partial charge in [-0.05, 0) is 34.1 Å². The van der Waals surface area contributed by atoms with E-state index in [-0.39, 0.29) is 11.9 Å². The Hall–Kier alpha value is -0.650. The summed E-state index contributed by atoms with van der Waals surface area (Å²) in [6, 6.07) is 4.80. The summed E-state index contributed by atoms with van der Waals surface area (Å²) in [5.74, 6) is 0.356. The first-order valence-electron chi connectivity index (χ1n) is 4.21. The molecule has 0 spiro atoms. The first-order chi connectivity index (χ1) is 6.75. The molecule has 3 nitrogen and oxygen atoms in total. The van der Waals surface area contributed by atoms with Gasteiger partial charge < -0.3 is 4.74 Å². The van der Waals surface area contributed by atoms with Crippen molar-refractivity contribution in [1.82, 2.24) is 5.48 Å². The topological polar surface area (TPSA) is 30.5 Å². The lowest BCUT2D eigenvalue weighted by Gasteiger charge is -2.26. The molecule has 1 aromatic carbocycles. The van der Waals surface area contributed by atoms with Crippen LogP contribution in [-0.4, -0.2) is 19.3 Å². The molecule has 0 bridgehead atoms. The van der Waals surface area contributed by atoms with Crippen molar-refractivity contribution in [2.45, 2.75) is 6.04 Å².